The molecule has 1 saturated carbocycles. The molecule has 0 bridgehead atoms. The van der Waals surface area contributed by atoms with Crippen molar-refractivity contribution in [2.45, 2.75) is 77.0 Å². The summed E-state index contributed by atoms with van der Waals surface area (Å²) < 4.78 is 30.7. The molecule has 1 aliphatic heterocycles. The van der Waals surface area contributed by atoms with E-state index in [9.17, 15) is 4.79 Å². The Morgan fingerprint density at radius 2 is 1.48 bits per heavy atom. The van der Waals surface area contributed by atoms with Crippen molar-refractivity contribution in [3.05, 3.63) is 71.8 Å². The molecule has 6 heteroatoms. The van der Waals surface area contributed by atoms with Gasteiger partial charge in [0.2, 0.25) is 0 Å². The second kappa shape index (κ2) is 10.8. The SMILES string of the molecule is CCOC(=O)C[C@@H]1C[C@H](OCc2ccccc2)[C@H](OCc2ccccc2)[C@H]2OC(C)(C)O[C@@H]12. The Balaban J connectivity index is 1.55. The van der Waals surface area contributed by atoms with Crippen LogP contribution in [0.25, 0.3) is 0 Å². The summed E-state index contributed by atoms with van der Waals surface area (Å²) >= 11 is 0. The van der Waals surface area contributed by atoms with Gasteiger partial charge in [-0.15, -0.1) is 0 Å². The van der Waals surface area contributed by atoms with Crippen molar-refractivity contribution in [2.24, 2.45) is 5.92 Å². The van der Waals surface area contributed by atoms with Crippen molar-refractivity contribution in [3.63, 3.8) is 0 Å². The number of hydrogen-bond acceptors (Lipinski definition) is 6. The maximum absolute atomic E-state index is 12.3. The van der Waals surface area contributed by atoms with Crippen LogP contribution < -0.4 is 0 Å². The minimum atomic E-state index is -0.759. The maximum Gasteiger partial charge on any atom is 0.306 e. The Hall–Kier alpha value is -2.25. The van der Waals surface area contributed by atoms with Gasteiger partial charge in [0.1, 0.15) is 12.2 Å². The fourth-order valence-electron chi connectivity index (χ4n) is 4.76. The summed E-state index contributed by atoms with van der Waals surface area (Å²) in [4.78, 5) is 12.3. The lowest BCUT2D eigenvalue weighted by molar-refractivity contribution is -0.183. The molecule has 4 rings (SSSR count). The molecule has 6 nitrogen and oxygen atoms in total. The zero-order valence-electron chi connectivity index (χ0n) is 19.6. The minimum Gasteiger partial charge on any atom is -0.466 e. The number of fused-ring (bicyclic) bond motifs is 1. The minimum absolute atomic E-state index is 0.0758. The van der Waals surface area contributed by atoms with Gasteiger partial charge >= 0.3 is 5.97 Å². The highest BCUT2D eigenvalue weighted by Crippen LogP contribution is 2.43. The predicted octanol–water partition coefficient (Wildman–Crippen LogP) is 4.65. The molecular formula is C27H34O6. The molecule has 2 aliphatic rings. The zero-order chi connectivity index (χ0) is 23.3. The molecule has 0 spiro atoms. The van der Waals surface area contributed by atoms with Crippen molar-refractivity contribution >= 4 is 5.97 Å². The number of esters is 1. The quantitative estimate of drug-likeness (QED) is 0.514. The molecule has 0 radical (unpaired) electrons. The number of rotatable bonds is 9. The van der Waals surface area contributed by atoms with Crippen molar-refractivity contribution in [3.8, 4) is 0 Å². The smallest absolute Gasteiger partial charge is 0.306 e. The Morgan fingerprint density at radius 3 is 2.09 bits per heavy atom. The molecule has 1 heterocycles. The third kappa shape index (κ3) is 6.21. The summed E-state index contributed by atoms with van der Waals surface area (Å²) in [5, 5.41) is 0. The van der Waals surface area contributed by atoms with E-state index in [1.165, 1.54) is 0 Å². The number of carbonyl (C=O) groups is 1. The highest BCUT2D eigenvalue weighted by molar-refractivity contribution is 5.69. The Labute approximate surface area is 196 Å². The highest BCUT2D eigenvalue weighted by atomic mass is 16.8. The number of benzene rings is 2. The number of carbonyl (C=O) groups excluding carboxylic acids is 1. The van der Waals surface area contributed by atoms with Crippen molar-refractivity contribution in [1.82, 2.24) is 0 Å². The molecule has 178 valence electrons. The van der Waals surface area contributed by atoms with Gasteiger partial charge in [-0.25, -0.2) is 0 Å². The molecule has 2 aromatic carbocycles. The molecule has 0 N–H and O–H groups in total. The van der Waals surface area contributed by atoms with Crippen LogP contribution in [0, 0.1) is 5.92 Å². The van der Waals surface area contributed by atoms with E-state index in [4.69, 9.17) is 23.7 Å². The van der Waals surface area contributed by atoms with Gasteiger partial charge in [-0.3, -0.25) is 4.79 Å². The van der Waals surface area contributed by atoms with E-state index in [1.54, 1.807) is 0 Å². The number of hydrogen-bond donors (Lipinski definition) is 0. The Morgan fingerprint density at radius 1 is 0.909 bits per heavy atom. The largest absolute Gasteiger partial charge is 0.466 e. The van der Waals surface area contributed by atoms with Gasteiger partial charge in [0, 0.05) is 5.92 Å². The summed E-state index contributed by atoms with van der Waals surface area (Å²) in [7, 11) is 0. The summed E-state index contributed by atoms with van der Waals surface area (Å²) in [6.07, 6.45) is -0.262. The molecule has 2 aromatic rings. The third-order valence-electron chi connectivity index (χ3n) is 6.18. The lowest BCUT2D eigenvalue weighted by atomic mass is 9.79. The van der Waals surface area contributed by atoms with E-state index in [0.717, 1.165) is 11.1 Å². The summed E-state index contributed by atoms with van der Waals surface area (Å²) in [6, 6.07) is 20.1. The van der Waals surface area contributed by atoms with Crippen LogP contribution in [-0.4, -0.2) is 42.8 Å². The van der Waals surface area contributed by atoms with Crippen LogP contribution in [0.4, 0.5) is 0 Å². The van der Waals surface area contributed by atoms with Gasteiger partial charge in [0.15, 0.2) is 5.79 Å². The lowest BCUT2D eigenvalue weighted by Crippen LogP contribution is -2.54. The normalized spacial score (nSPS) is 28.3. The molecule has 5 atom stereocenters. The van der Waals surface area contributed by atoms with Crippen LogP contribution in [-0.2, 0) is 41.7 Å². The van der Waals surface area contributed by atoms with E-state index in [0.29, 0.717) is 26.2 Å². The fraction of sp³-hybridized carbons (Fsp3) is 0.519. The van der Waals surface area contributed by atoms with Crippen molar-refractivity contribution in [2.75, 3.05) is 6.61 Å². The topological polar surface area (TPSA) is 63.2 Å². The van der Waals surface area contributed by atoms with Gasteiger partial charge < -0.3 is 23.7 Å². The third-order valence-corrected chi connectivity index (χ3v) is 6.18. The van der Waals surface area contributed by atoms with Crippen LogP contribution in [0.1, 0.15) is 44.7 Å². The van der Waals surface area contributed by atoms with Gasteiger partial charge in [0.25, 0.3) is 0 Å². The van der Waals surface area contributed by atoms with Gasteiger partial charge in [0.05, 0.1) is 38.4 Å². The molecule has 33 heavy (non-hydrogen) atoms. The first-order valence-electron chi connectivity index (χ1n) is 11.8. The van der Waals surface area contributed by atoms with Crippen LogP contribution in [0.15, 0.2) is 60.7 Å². The monoisotopic (exact) mass is 454 g/mol. The van der Waals surface area contributed by atoms with Crippen LogP contribution in [0.2, 0.25) is 0 Å². The van der Waals surface area contributed by atoms with E-state index in [1.807, 2.05) is 81.4 Å². The average molecular weight is 455 g/mol. The van der Waals surface area contributed by atoms with Crippen LogP contribution >= 0.6 is 0 Å². The molecular weight excluding hydrogens is 420 g/mol. The zero-order valence-corrected chi connectivity index (χ0v) is 19.6. The highest BCUT2D eigenvalue weighted by Gasteiger charge is 2.55. The van der Waals surface area contributed by atoms with Crippen LogP contribution in [0.3, 0.4) is 0 Å². The van der Waals surface area contributed by atoms with Gasteiger partial charge in [-0.1, -0.05) is 60.7 Å². The number of ether oxygens (including phenoxy) is 5. The molecule has 1 saturated heterocycles. The molecule has 1 aliphatic carbocycles. The first kappa shape index (κ1) is 23.9. The van der Waals surface area contributed by atoms with Crippen molar-refractivity contribution < 1.29 is 28.5 Å². The van der Waals surface area contributed by atoms with Gasteiger partial charge in [-0.05, 0) is 38.3 Å². The van der Waals surface area contributed by atoms with E-state index in [2.05, 4.69) is 0 Å². The van der Waals surface area contributed by atoms with Crippen LogP contribution in [0.5, 0.6) is 0 Å². The second-order valence-electron chi connectivity index (χ2n) is 9.17. The molecule has 0 unspecified atom stereocenters. The molecule has 0 aromatic heterocycles. The van der Waals surface area contributed by atoms with Gasteiger partial charge in [-0.2, -0.15) is 0 Å². The fourth-order valence-corrected chi connectivity index (χ4v) is 4.76. The maximum atomic E-state index is 12.3. The Kier molecular flexibility index (Phi) is 7.81. The summed E-state index contributed by atoms with van der Waals surface area (Å²) in [5.41, 5.74) is 2.18. The second-order valence-corrected chi connectivity index (χ2v) is 9.17. The first-order chi connectivity index (χ1) is 15.9. The van der Waals surface area contributed by atoms with E-state index >= 15 is 0 Å². The summed E-state index contributed by atoms with van der Waals surface area (Å²) in [6.45, 7) is 6.90. The van der Waals surface area contributed by atoms with E-state index in [-0.39, 0.29) is 42.7 Å². The summed E-state index contributed by atoms with van der Waals surface area (Å²) in [5.74, 6) is -1.06. The first-order valence-corrected chi connectivity index (χ1v) is 11.8. The molecule has 0 amide bonds. The Bertz CT molecular complexity index is 884. The van der Waals surface area contributed by atoms with Crippen molar-refractivity contribution in [1.29, 1.82) is 0 Å². The average Bonchev–Trinajstić information content (AvgIpc) is 3.14. The van der Waals surface area contributed by atoms with E-state index < -0.39 is 5.79 Å². The molecule has 2 fully saturated rings. The predicted molar refractivity (Wildman–Crippen MR) is 123 cm³/mol. The lowest BCUT2D eigenvalue weighted by Gasteiger charge is -2.41. The standard InChI is InChI=1S/C27H34O6/c1-4-29-23(28)16-21-15-22(30-17-19-11-7-5-8-12-19)25(26-24(21)32-27(2,3)33-26)31-18-20-13-9-6-10-14-20/h5-14,21-22,24-26H,4,15-18H2,1-3H3/t21-,22-,24-,25-,26-/m0/s1.